The molecular weight excluding hydrogens is 414 g/mol. The molecule has 33 heavy (non-hydrogen) atoms. The molecule has 3 N–H and O–H groups in total. The third-order valence-corrected chi connectivity index (χ3v) is 5.16. The minimum absolute atomic E-state index is 0.00647. The Morgan fingerprint density at radius 1 is 0.970 bits per heavy atom. The van der Waals surface area contributed by atoms with Gasteiger partial charge in [0.05, 0.1) is 29.0 Å². The molecule has 0 unspecified atom stereocenters. The van der Waals surface area contributed by atoms with Crippen LogP contribution in [0.3, 0.4) is 0 Å². The number of benzene rings is 3. The van der Waals surface area contributed by atoms with Crippen molar-refractivity contribution in [2.75, 3.05) is 11.9 Å². The molecule has 0 aliphatic heterocycles. The van der Waals surface area contributed by atoms with Crippen molar-refractivity contribution in [2.24, 2.45) is 4.99 Å². The topological polar surface area (TPSA) is 111 Å². The smallest absolute Gasteiger partial charge is 0.336 e. The van der Waals surface area contributed by atoms with E-state index in [4.69, 9.17) is 5.41 Å². The number of hydrogen-bond donors (Lipinski definition) is 3. The maximum absolute atomic E-state index is 11.8. The molecule has 0 aliphatic rings. The zero-order valence-electron chi connectivity index (χ0n) is 18.3. The van der Waals surface area contributed by atoms with E-state index in [0.29, 0.717) is 17.2 Å². The van der Waals surface area contributed by atoms with Crippen molar-refractivity contribution in [1.82, 2.24) is 9.97 Å². The number of aromatic carboxylic acids is 1. The lowest BCUT2D eigenvalue weighted by Gasteiger charge is -2.12. The van der Waals surface area contributed by atoms with E-state index >= 15 is 0 Å². The van der Waals surface area contributed by atoms with Crippen LogP contribution in [0.15, 0.2) is 77.8 Å². The van der Waals surface area contributed by atoms with Gasteiger partial charge in [-0.25, -0.2) is 14.8 Å². The van der Waals surface area contributed by atoms with Crippen LogP contribution in [0.1, 0.15) is 32.7 Å². The molecule has 0 fully saturated rings. The first kappa shape index (κ1) is 21.8. The Bertz CT molecular complexity index is 1380. The summed E-state index contributed by atoms with van der Waals surface area (Å²) in [6.07, 6.45) is 0. The molecule has 3 aromatic carbocycles. The number of aryl methyl sites for hydroxylation is 2. The van der Waals surface area contributed by atoms with Crippen molar-refractivity contribution in [1.29, 1.82) is 5.41 Å². The van der Waals surface area contributed by atoms with Crippen LogP contribution in [-0.2, 0) is 0 Å². The molecule has 0 saturated heterocycles. The second-order valence-electron chi connectivity index (χ2n) is 7.64. The van der Waals surface area contributed by atoms with Crippen molar-refractivity contribution in [3.63, 3.8) is 0 Å². The van der Waals surface area contributed by atoms with Gasteiger partial charge in [0.1, 0.15) is 5.84 Å². The fourth-order valence-corrected chi connectivity index (χ4v) is 3.59. The van der Waals surface area contributed by atoms with Gasteiger partial charge in [0.25, 0.3) is 0 Å². The fourth-order valence-electron chi connectivity index (χ4n) is 3.59. The van der Waals surface area contributed by atoms with Crippen LogP contribution in [-0.4, -0.2) is 39.1 Å². The molecule has 1 aromatic heterocycles. The number of nitrogens with zero attached hydrogens (tertiary/aromatic N) is 3. The van der Waals surface area contributed by atoms with Crippen molar-refractivity contribution in [3.8, 4) is 0 Å². The standard InChI is InChI=1S/C26H23N5O2/c1-16-12-13-22-21(14-16)17(2)29-26(30-22)31-23(27)15-28-24(18-8-4-3-5-9-18)19-10-6-7-11-20(19)25(32)33/h3-14H,15H2,1-2H3,(H,32,33)(H2,27,29,30,31)/b28-24+. The number of anilines is 1. The Morgan fingerprint density at radius 2 is 1.67 bits per heavy atom. The first-order chi connectivity index (χ1) is 15.9. The predicted molar refractivity (Wildman–Crippen MR) is 131 cm³/mol. The van der Waals surface area contributed by atoms with Gasteiger partial charge in [-0.3, -0.25) is 10.4 Å². The minimum atomic E-state index is -1.03. The van der Waals surface area contributed by atoms with E-state index in [0.717, 1.165) is 27.7 Å². The van der Waals surface area contributed by atoms with Crippen molar-refractivity contribution in [3.05, 3.63) is 101 Å². The first-order valence-electron chi connectivity index (χ1n) is 10.4. The fraction of sp³-hybridized carbons (Fsp3) is 0.115. The molecule has 0 amide bonds. The summed E-state index contributed by atoms with van der Waals surface area (Å²) >= 11 is 0. The molecule has 0 spiro atoms. The van der Waals surface area contributed by atoms with Crippen LogP contribution in [0, 0.1) is 19.3 Å². The highest BCUT2D eigenvalue weighted by Gasteiger charge is 2.16. The summed E-state index contributed by atoms with van der Waals surface area (Å²) < 4.78 is 0. The lowest BCUT2D eigenvalue weighted by molar-refractivity contribution is 0.0696. The third-order valence-electron chi connectivity index (χ3n) is 5.16. The van der Waals surface area contributed by atoms with Gasteiger partial charge in [0, 0.05) is 16.5 Å². The number of fused-ring (bicyclic) bond motifs is 1. The lowest BCUT2D eigenvalue weighted by Crippen LogP contribution is -2.19. The van der Waals surface area contributed by atoms with Gasteiger partial charge < -0.3 is 10.4 Å². The Morgan fingerprint density at radius 3 is 2.39 bits per heavy atom. The van der Waals surface area contributed by atoms with Crippen LogP contribution in [0.2, 0.25) is 0 Å². The third kappa shape index (κ3) is 4.93. The van der Waals surface area contributed by atoms with Gasteiger partial charge in [-0.15, -0.1) is 0 Å². The molecule has 0 aliphatic carbocycles. The largest absolute Gasteiger partial charge is 0.478 e. The number of carboxylic acid groups (broad SMARTS) is 1. The summed E-state index contributed by atoms with van der Waals surface area (Å²) in [5.74, 6) is -0.601. The van der Waals surface area contributed by atoms with E-state index in [2.05, 4.69) is 20.3 Å². The summed E-state index contributed by atoms with van der Waals surface area (Å²) in [6, 6.07) is 22.0. The maximum Gasteiger partial charge on any atom is 0.336 e. The van der Waals surface area contributed by atoms with Gasteiger partial charge in [-0.2, -0.15) is 0 Å². The highest BCUT2D eigenvalue weighted by atomic mass is 16.4. The number of nitrogens with one attached hydrogen (secondary N) is 2. The van der Waals surface area contributed by atoms with Crippen LogP contribution in [0.25, 0.3) is 10.9 Å². The first-order valence-corrected chi connectivity index (χ1v) is 10.4. The van der Waals surface area contributed by atoms with Gasteiger partial charge >= 0.3 is 5.97 Å². The molecule has 164 valence electrons. The second kappa shape index (κ2) is 9.40. The van der Waals surface area contributed by atoms with E-state index in [-0.39, 0.29) is 17.9 Å². The van der Waals surface area contributed by atoms with Gasteiger partial charge in [-0.05, 0) is 32.0 Å². The SMILES string of the molecule is Cc1ccc2nc(NC(=N)C/N=C(\c3ccccc3)c3ccccc3C(=O)O)nc(C)c2c1. The summed E-state index contributed by atoms with van der Waals surface area (Å²) in [5, 5.41) is 21.9. The van der Waals surface area contributed by atoms with Crippen LogP contribution in [0.5, 0.6) is 0 Å². The number of carboxylic acids is 1. The molecular formula is C26H23N5O2. The van der Waals surface area contributed by atoms with E-state index in [1.54, 1.807) is 24.3 Å². The molecule has 4 aromatic rings. The normalized spacial score (nSPS) is 11.4. The molecule has 0 bridgehead atoms. The van der Waals surface area contributed by atoms with E-state index in [1.807, 2.05) is 62.4 Å². The zero-order valence-corrected chi connectivity index (χ0v) is 18.3. The average Bonchev–Trinajstić information content (AvgIpc) is 2.80. The van der Waals surface area contributed by atoms with E-state index in [1.165, 1.54) is 0 Å². The van der Waals surface area contributed by atoms with Gasteiger partial charge in [0.2, 0.25) is 5.95 Å². The Hall–Kier alpha value is -4.39. The number of rotatable bonds is 6. The number of aromatic nitrogens is 2. The number of aliphatic imine (C=N–C) groups is 1. The van der Waals surface area contributed by atoms with E-state index < -0.39 is 5.97 Å². The minimum Gasteiger partial charge on any atom is -0.478 e. The molecule has 7 heteroatoms. The summed E-state index contributed by atoms with van der Waals surface area (Å²) in [7, 11) is 0. The molecule has 7 nitrogen and oxygen atoms in total. The van der Waals surface area contributed by atoms with Crippen LogP contribution in [0.4, 0.5) is 5.95 Å². The van der Waals surface area contributed by atoms with Crippen LogP contribution < -0.4 is 5.32 Å². The van der Waals surface area contributed by atoms with Crippen molar-refractivity contribution < 1.29 is 9.90 Å². The Kier molecular flexibility index (Phi) is 6.22. The molecule has 0 atom stereocenters. The van der Waals surface area contributed by atoms with E-state index in [9.17, 15) is 9.90 Å². The monoisotopic (exact) mass is 437 g/mol. The second-order valence-corrected chi connectivity index (χ2v) is 7.64. The maximum atomic E-state index is 11.8. The molecule has 1 heterocycles. The highest BCUT2D eigenvalue weighted by molar-refractivity contribution is 6.17. The van der Waals surface area contributed by atoms with Crippen LogP contribution >= 0.6 is 0 Å². The zero-order chi connectivity index (χ0) is 23.4. The van der Waals surface area contributed by atoms with Gasteiger partial charge in [-0.1, -0.05) is 60.2 Å². The quantitative estimate of drug-likeness (QED) is 0.294. The lowest BCUT2D eigenvalue weighted by atomic mass is 9.97. The summed E-state index contributed by atoms with van der Waals surface area (Å²) in [6.45, 7) is 3.94. The highest BCUT2D eigenvalue weighted by Crippen LogP contribution is 2.19. The number of hydrogen-bond acceptors (Lipinski definition) is 5. The van der Waals surface area contributed by atoms with Crippen molar-refractivity contribution in [2.45, 2.75) is 13.8 Å². The van der Waals surface area contributed by atoms with Crippen molar-refractivity contribution >= 4 is 34.4 Å². The molecule has 4 rings (SSSR count). The average molecular weight is 438 g/mol. The number of amidine groups is 1. The molecule has 0 saturated carbocycles. The summed E-state index contributed by atoms with van der Waals surface area (Å²) in [5.41, 5.74) is 4.68. The number of carbonyl (C=O) groups is 1. The Labute approximate surface area is 191 Å². The molecule has 0 radical (unpaired) electrons. The van der Waals surface area contributed by atoms with Gasteiger partial charge in [0.15, 0.2) is 0 Å². The predicted octanol–water partition coefficient (Wildman–Crippen LogP) is 4.87. The summed E-state index contributed by atoms with van der Waals surface area (Å²) in [4.78, 5) is 25.4. The Balaban J connectivity index is 1.63.